The molecule has 0 aromatic heterocycles. The van der Waals surface area contributed by atoms with Crippen molar-refractivity contribution in [3.63, 3.8) is 0 Å². The van der Waals surface area contributed by atoms with E-state index < -0.39 is 20.0 Å². The maximum absolute atomic E-state index is 13.6. The number of unbranched alkanes of at least 4 members (excludes halogenated alkanes) is 46. The Morgan fingerprint density at radius 1 is 0.412 bits per heavy atom. The first-order valence-electron chi connectivity index (χ1n) is 36.9. The molecule has 85 heavy (non-hydrogen) atoms. The number of carbonyl (C=O) groups is 2. The molecule has 0 bridgehead atoms. The number of ether oxygens (including phenoxy) is 1. The second kappa shape index (κ2) is 64.9. The van der Waals surface area contributed by atoms with Crippen molar-refractivity contribution in [2.75, 3.05) is 40.9 Å². The number of allylic oxidation sites excluding steroid dienone is 7. The summed E-state index contributed by atoms with van der Waals surface area (Å²) < 4.78 is 30.5. The van der Waals surface area contributed by atoms with Gasteiger partial charge in [-0.3, -0.25) is 14.2 Å². The molecule has 0 radical (unpaired) electrons. The lowest BCUT2D eigenvalue weighted by molar-refractivity contribution is -0.870. The summed E-state index contributed by atoms with van der Waals surface area (Å²) in [5.41, 5.74) is 0. The fraction of sp³-hybridized carbons (Fsp3) is 0.867. The average molecular weight is 1220 g/mol. The molecule has 3 atom stereocenters. The van der Waals surface area contributed by atoms with Crippen LogP contribution in [0.15, 0.2) is 48.6 Å². The van der Waals surface area contributed by atoms with E-state index in [1.54, 1.807) is 0 Å². The number of nitrogens with one attached hydrogen (secondary N) is 1. The van der Waals surface area contributed by atoms with Gasteiger partial charge >= 0.3 is 5.97 Å². The average Bonchev–Trinajstić information content (AvgIpc) is 3.64. The summed E-state index contributed by atoms with van der Waals surface area (Å²) in [6.07, 6.45) is 82.4. The van der Waals surface area contributed by atoms with Gasteiger partial charge in [0.2, 0.25) is 5.91 Å². The third-order valence-corrected chi connectivity index (χ3v) is 17.7. The van der Waals surface area contributed by atoms with Gasteiger partial charge in [0, 0.05) is 12.8 Å². The number of hydrogen-bond donors (Lipinski definition) is 1. The number of rotatable bonds is 68. The number of likely N-dealkylation sites (N-methyl/N-ethyl adjacent to an activating group) is 1. The summed E-state index contributed by atoms with van der Waals surface area (Å²) in [6, 6.07) is -0.887. The van der Waals surface area contributed by atoms with Crippen molar-refractivity contribution < 1.29 is 37.3 Å². The van der Waals surface area contributed by atoms with Crippen LogP contribution in [0.3, 0.4) is 0 Å². The number of hydrogen-bond acceptors (Lipinski definition) is 7. The van der Waals surface area contributed by atoms with E-state index in [2.05, 4.69) is 62.5 Å². The van der Waals surface area contributed by atoms with Crippen molar-refractivity contribution in [3.8, 4) is 0 Å². The highest BCUT2D eigenvalue weighted by atomic mass is 31.2. The second-order valence-corrected chi connectivity index (χ2v) is 27.9. The second-order valence-electron chi connectivity index (χ2n) is 26.4. The Balaban J connectivity index is 4.93. The fourth-order valence-corrected chi connectivity index (χ4v) is 11.7. The molecule has 500 valence electrons. The first-order chi connectivity index (χ1) is 41.4. The minimum absolute atomic E-state index is 0.0204. The molecule has 9 nitrogen and oxygen atoms in total. The SMILES string of the molecule is CCCCC/C=C\C/C=C\CCCCCCCCCCCCCCCCCCCC(=O)NC(COP(=O)([O-])OCC[N+](C)(C)C)C(/C=C\CCCCCCCCCCC)OC(=O)CCCCCCCCCCCCC/C=C/CCCCCCCC. The number of nitrogens with zero attached hydrogens (tertiary/aromatic N) is 1. The van der Waals surface area contributed by atoms with E-state index in [0.29, 0.717) is 17.4 Å². The topological polar surface area (TPSA) is 114 Å². The summed E-state index contributed by atoms with van der Waals surface area (Å²) in [4.78, 5) is 40.2. The van der Waals surface area contributed by atoms with Crippen LogP contribution in [0.5, 0.6) is 0 Å². The van der Waals surface area contributed by atoms with Crippen LogP contribution in [0.4, 0.5) is 0 Å². The molecule has 0 fully saturated rings. The van der Waals surface area contributed by atoms with Gasteiger partial charge in [-0.15, -0.1) is 0 Å². The summed E-state index contributed by atoms with van der Waals surface area (Å²) in [7, 11) is 1.20. The van der Waals surface area contributed by atoms with Crippen molar-refractivity contribution in [2.45, 2.75) is 380 Å². The molecule has 0 aromatic rings. The zero-order valence-corrected chi connectivity index (χ0v) is 58.2. The normalized spacial score (nSPS) is 13.7. The van der Waals surface area contributed by atoms with E-state index in [-0.39, 0.29) is 31.5 Å². The summed E-state index contributed by atoms with van der Waals surface area (Å²) >= 11 is 0. The predicted octanol–water partition coefficient (Wildman–Crippen LogP) is 22.9. The van der Waals surface area contributed by atoms with Gasteiger partial charge < -0.3 is 28.5 Å². The van der Waals surface area contributed by atoms with Gasteiger partial charge in [-0.1, -0.05) is 314 Å². The van der Waals surface area contributed by atoms with E-state index in [0.717, 1.165) is 64.2 Å². The molecule has 0 rings (SSSR count). The number of quaternary nitrogens is 1. The molecule has 0 heterocycles. The zero-order valence-electron chi connectivity index (χ0n) is 57.3. The molecule has 0 saturated heterocycles. The van der Waals surface area contributed by atoms with E-state index >= 15 is 0 Å². The van der Waals surface area contributed by atoms with Gasteiger partial charge in [0.05, 0.1) is 33.8 Å². The summed E-state index contributed by atoms with van der Waals surface area (Å²) in [5.74, 6) is -0.525. The lowest BCUT2D eigenvalue weighted by Gasteiger charge is -2.30. The molecule has 0 aliphatic carbocycles. The number of carbonyl (C=O) groups excluding carboxylic acids is 2. The Bertz CT molecular complexity index is 1590. The number of phosphoric ester groups is 1. The van der Waals surface area contributed by atoms with Crippen molar-refractivity contribution in [2.24, 2.45) is 0 Å². The monoisotopic (exact) mass is 1220 g/mol. The van der Waals surface area contributed by atoms with Crippen molar-refractivity contribution in [1.82, 2.24) is 5.32 Å². The quantitative estimate of drug-likeness (QED) is 0.0212. The Morgan fingerprint density at radius 2 is 0.718 bits per heavy atom. The predicted molar refractivity (Wildman–Crippen MR) is 367 cm³/mol. The first kappa shape index (κ1) is 83.0. The minimum atomic E-state index is -4.70. The van der Waals surface area contributed by atoms with Gasteiger partial charge in [-0.25, -0.2) is 0 Å². The van der Waals surface area contributed by atoms with Gasteiger partial charge in [-0.2, -0.15) is 0 Å². The molecular weight excluding hydrogens is 1070 g/mol. The number of phosphoric acid groups is 1. The van der Waals surface area contributed by atoms with E-state index in [4.69, 9.17) is 13.8 Å². The van der Waals surface area contributed by atoms with E-state index in [9.17, 15) is 19.0 Å². The molecule has 0 aromatic carbocycles. The zero-order chi connectivity index (χ0) is 62.1. The highest BCUT2D eigenvalue weighted by Gasteiger charge is 2.27. The third-order valence-electron chi connectivity index (χ3n) is 16.7. The van der Waals surface area contributed by atoms with Gasteiger partial charge in [0.15, 0.2) is 0 Å². The maximum atomic E-state index is 13.6. The molecule has 0 saturated carbocycles. The van der Waals surface area contributed by atoms with Crippen LogP contribution in [0.25, 0.3) is 0 Å². The van der Waals surface area contributed by atoms with Crippen LogP contribution in [-0.4, -0.2) is 69.4 Å². The Morgan fingerprint density at radius 3 is 1.09 bits per heavy atom. The summed E-state index contributed by atoms with van der Waals surface area (Å²) in [5, 5.41) is 3.05. The molecule has 3 unspecified atom stereocenters. The molecule has 0 spiro atoms. The molecule has 1 N–H and O–H groups in total. The first-order valence-corrected chi connectivity index (χ1v) is 38.4. The molecule has 1 amide bonds. The van der Waals surface area contributed by atoms with Gasteiger partial charge in [0.25, 0.3) is 7.82 Å². The maximum Gasteiger partial charge on any atom is 0.306 e. The number of esters is 1. The van der Waals surface area contributed by atoms with Crippen molar-refractivity contribution >= 4 is 19.7 Å². The van der Waals surface area contributed by atoms with Crippen molar-refractivity contribution in [3.05, 3.63) is 48.6 Å². The van der Waals surface area contributed by atoms with Crippen LogP contribution in [-0.2, 0) is 27.9 Å². The summed E-state index contributed by atoms with van der Waals surface area (Å²) in [6.45, 7) is 6.86. The van der Waals surface area contributed by atoms with Crippen molar-refractivity contribution in [1.29, 1.82) is 0 Å². The van der Waals surface area contributed by atoms with Crippen LogP contribution in [0.1, 0.15) is 367 Å². The Hall–Kier alpha value is -2.03. The standard InChI is InChI=1S/C75H143N2O7P/c1-7-10-13-16-19-22-25-27-29-31-33-35-36-37-38-39-40-42-43-45-47-49-52-55-58-61-64-67-74(78)76-72(71-83-85(80,81)82-70-69-77(4,5)6)73(66-63-60-57-54-51-24-21-18-15-12-9-3)84-75(79)68-65-62-59-56-53-50-48-46-44-41-34-32-30-28-26-23-20-17-14-11-8-2/h19,22,27-30,63,66,72-73H,7-18,20-21,23-26,31-62,64-65,67-71H2,1-6H3,(H-,76,78,80,81)/b22-19-,29-27-,30-28+,66-63-. The van der Waals surface area contributed by atoms with Crippen LogP contribution < -0.4 is 10.2 Å². The minimum Gasteiger partial charge on any atom is -0.756 e. The molecular formula is C75H143N2O7P. The van der Waals surface area contributed by atoms with Crippen LogP contribution in [0.2, 0.25) is 0 Å². The molecule has 10 heteroatoms. The van der Waals surface area contributed by atoms with Crippen LogP contribution >= 0.6 is 7.82 Å². The van der Waals surface area contributed by atoms with E-state index in [1.807, 2.05) is 33.3 Å². The van der Waals surface area contributed by atoms with E-state index in [1.165, 1.54) is 270 Å². The van der Waals surface area contributed by atoms with Gasteiger partial charge in [-0.05, 0) is 89.5 Å². The highest BCUT2D eigenvalue weighted by molar-refractivity contribution is 7.45. The Kier molecular flexibility index (Phi) is 63.4. The lowest BCUT2D eigenvalue weighted by atomic mass is 10.0. The highest BCUT2D eigenvalue weighted by Crippen LogP contribution is 2.38. The van der Waals surface area contributed by atoms with Crippen LogP contribution in [0, 0.1) is 0 Å². The number of amides is 1. The lowest BCUT2D eigenvalue weighted by Crippen LogP contribution is -2.47. The van der Waals surface area contributed by atoms with Gasteiger partial charge in [0.1, 0.15) is 19.3 Å². The Labute approximate surface area is 529 Å². The third kappa shape index (κ3) is 66.2. The molecule has 0 aliphatic rings. The molecule has 0 aliphatic heterocycles. The fourth-order valence-electron chi connectivity index (χ4n) is 11.0. The largest absolute Gasteiger partial charge is 0.756 e. The smallest absolute Gasteiger partial charge is 0.306 e.